The standard InChI is InChI=1S/C18H20N6OS/c25-18(17-13-10-20-9-5-14(13)23-24-17)21-6-1-2-16-22-15(11-26-16)12-3-7-19-8-4-12/h3-4,7-8,11,20H,1-2,5-6,9-10H2,(H,21,25)(H,23,24). The highest BCUT2D eigenvalue weighted by atomic mass is 32.1. The van der Waals surface area contributed by atoms with E-state index >= 15 is 0 Å². The molecule has 3 aromatic heterocycles. The zero-order chi connectivity index (χ0) is 17.8. The van der Waals surface area contributed by atoms with Crippen LogP contribution in [0.15, 0.2) is 29.9 Å². The van der Waals surface area contributed by atoms with Crippen LogP contribution in [0, 0.1) is 0 Å². The Bertz CT molecular complexity index is 888. The van der Waals surface area contributed by atoms with Crippen LogP contribution in [0.5, 0.6) is 0 Å². The Morgan fingerprint density at radius 3 is 3.08 bits per heavy atom. The number of amides is 1. The summed E-state index contributed by atoms with van der Waals surface area (Å²) in [4.78, 5) is 21.0. The van der Waals surface area contributed by atoms with Crippen molar-refractivity contribution in [3.05, 3.63) is 51.9 Å². The van der Waals surface area contributed by atoms with Crippen molar-refractivity contribution < 1.29 is 4.79 Å². The van der Waals surface area contributed by atoms with Gasteiger partial charge in [-0.15, -0.1) is 11.3 Å². The molecule has 1 aliphatic rings. The molecule has 0 fully saturated rings. The Labute approximate surface area is 155 Å². The number of thiazole rings is 1. The maximum absolute atomic E-state index is 12.3. The molecule has 1 aliphatic heterocycles. The Hall–Kier alpha value is -2.58. The van der Waals surface area contributed by atoms with Gasteiger partial charge >= 0.3 is 0 Å². The van der Waals surface area contributed by atoms with Gasteiger partial charge < -0.3 is 10.6 Å². The summed E-state index contributed by atoms with van der Waals surface area (Å²) in [5, 5.41) is 16.5. The van der Waals surface area contributed by atoms with E-state index in [0.29, 0.717) is 18.8 Å². The number of pyridine rings is 1. The van der Waals surface area contributed by atoms with Gasteiger partial charge in [-0.2, -0.15) is 5.10 Å². The van der Waals surface area contributed by atoms with Crippen molar-refractivity contribution in [1.82, 2.24) is 30.8 Å². The summed E-state index contributed by atoms with van der Waals surface area (Å²) in [5.74, 6) is -0.109. The molecule has 0 aliphatic carbocycles. The van der Waals surface area contributed by atoms with E-state index in [1.807, 2.05) is 12.1 Å². The molecule has 134 valence electrons. The Morgan fingerprint density at radius 2 is 2.19 bits per heavy atom. The maximum Gasteiger partial charge on any atom is 0.272 e. The first-order valence-electron chi connectivity index (χ1n) is 8.71. The van der Waals surface area contributed by atoms with Crippen molar-refractivity contribution in [3.63, 3.8) is 0 Å². The summed E-state index contributed by atoms with van der Waals surface area (Å²) in [6.07, 6.45) is 6.12. The van der Waals surface area contributed by atoms with Crippen LogP contribution in [0.2, 0.25) is 0 Å². The minimum absolute atomic E-state index is 0.109. The number of aromatic nitrogens is 4. The smallest absolute Gasteiger partial charge is 0.272 e. The van der Waals surface area contributed by atoms with Crippen LogP contribution in [-0.4, -0.2) is 39.2 Å². The lowest BCUT2D eigenvalue weighted by atomic mass is 10.1. The molecular weight excluding hydrogens is 348 g/mol. The van der Waals surface area contributed by atoms with E-state index in [9.17, 15) is 4.79 Å². The molecule has 0 bridgehead atoms. The van der Waals surface area contributed by atoms with Gasteiger partial charge in [0.2, 0.25) is 0 Å². The molecule has 0 radical (unpaired) electrons. The topological polar surface area (TPSA) is 95.6 Å². The van der Waals surface area contributed by atoms with E-state index in [4.69, 9.17) is 0 Å². The summed E-state index contributed by atoms with van der Waals surface area (Å²) in [5.41, 5.74) is 4.64. The first-order valence-corrected chi connectivity index (χ1v) is 9.59. The molecule has 1 amide bonds. The van der Waals surface area contributed by atoms with E-state index in [0.717, 1.165) is 53.3 Å². The van der Waals surface area contributed by atoms with Crippen molar-refractivity contribution in [3.8, 4) is 11.3 Å². The van der Waals surface area contributed by atoms with E-state index < -0.39 is 0 Å². The highest BCUT2D eigenvalue weighted by Crippen LogP contribution is 2.21. The number of aryl methyl sites for hydroxylation is 1. The zero-order valence-electron chi connectivity index (χ0n) is 14.3. The zero-order valence-corrected chi connectivity index (χ0v) is 15.1. The van der Waals surface area contributed by atoms with Gasteiger partial charge in [0.15, 0.2) is 5.69 Å². The van der Waals surface area contributed by atoms with Crippen molar-refractivity contribution in [2.45, 2.75) is 25.8 Å². The van der Waals surface area contributed by atoms with E-state index in [2.05, 4.69) is 36.2 Å². The molecule has 3 aromatic rings. The second-order valence-corrected chi connectivity index (χ2v) is 7.12. The number of aromatic amines is 1. The summed E-state index contributed by atoms with van der Waals surface area (Å²) >= 11 is 1.65. The Kier molecular flexibility index (Phi) is 5.03. The van der Waals surface area contributed by atoms with Gasteiger partial charge in [0.05, 0.1) is 10.7 Å². The van der Waals surface area contributed by atoms with Gasteiger partial charge in [0.25, 0.3) is 5.91 Å². The number of nitrogens with one attached hydrogen (secondary N) is 3. The molecule has 8 heteroatoms. The molecule has 0 saturated carbocycles. The third-order valence-electron chi connectivity index (χ3n) is 4.40. The average molecular weight is 368 g/mol. The van der Waals surface area contributed by atoms with E-state index in [-0.39, 0.29) is 5.91 Å². The molecule has 0 aromatic carbocycles. The lowest BCUT2D eigenvalue weighted by molar-refractivity contribution is 0.0947. The minimum atomic E-state index is -0.109. The number of hydrogen-bond acceptors (Lipinski definition) is 6. The van der Waals surface area contributed by atoms with Gasteiger partial charge in [-0.05, 0) is 18.6 Å². The third-order valence-corrected chi connectivity index (χ3v) is 5.31. The van der Waals surface area contributed by atoms with Crippen LogP contribution >= 0.6 is 11.3 Å². The predicted octanol–water partition coefficient (Wildman–Crippen LogP) is 1.94. The van der Waals surface area contributed by atoms with Gasteiger partial charge in [0.1, 0.15) is 0 Å². The number of H-pyrrole nitrogens is 1. The lowest BCUT2D eigenvalue weighted by Gasteiger charge is -2.12. The fraction of sp³-hybridized carbons (Fsp3) is 0.333. The number of hydrogen-bond donors (Lipinski definition) is 3. The molecule has 3 N–H and O–H groups in total. The SMILES string of the molecule is O=C(NCCCc1nc(-c2ccncc2)cs1)c1n[nH]c2c1CNCC2. The molecule has 4 heterocycles. The first-order chi connectivity index (χ1) is 12.8. The second-order valence-electron chi connectivity index (χ2n) is 6.18. The summed E-state index contributed by atoms with van der Waals surface area (Å²) in [7, 11) is 0. The fourth-order valence-electron chi connectivity index (χ4n) is 3.02. The average Bonchev–Trinajstić information content (AvgIpc) is 3.33. The predicted molar refractivity (Wildman–Crippen MR) is 100.0 cm³/mol. The van der Waals surface area contributed by atoms with Crippen molar-refractivity contribution >= 4 is 17.2 Å². The molecule has 0 spiro atoms. The molecule has 0 saturated heterocycles. The summed E-state index contributed by atoms with van der Waals surface area (Å²) < 4.78 is 0. The minimum Gasteiger partial charge on any atom is -0.351 e. The largest absolute Gasteiger partial charge is 0.351 e. The summed E-state index contributed by atoms with van der Waals surface area (Å²) in [6, 6.07) is 3.91. The molecule has 0 unspecified atom stereocenters. The number of carbonyl (C=O) groups is 1. The van der Waals surface area contributed by atoms with Crippen LogP contribution in [0.4, 0.5) is 0 Å². The van der Waals surface area contributed by atoms with Gasteiger partial charge in [-0.3, -0.25) is 14.9 Å². The second kappa shape index (κ2) is 7.76. The maximum atomic E-state index is 12.3. The van der Waals surface area contributed by atoms with Crippen LogP contribution in [0.1, 0.15) is 33.2 Å². The highest BCUT2D eigenvalue weighted by Gasteiger charge is 2.21. The molecule has 7 nitrogen and oxygen atoms in total. The van der Waals surface area contributed by atoms with Crippen molar-refractivity contribution in [2.75, 3.05) is 13.1 Å². The molecule has 0 atom stereocenters. The third kappa shape index (κ3) is 3.66. The normalized spacial score (nSPS) is 13.4. The number of carbonyl (C=O) groups excluding carboxylic acids is 1. The Morgan fingerprint density at radius 1 is 1.31 bits per heavy atom. The van der Waals surface area contributed by atoms with Crippen LogP contribution in [-0.2, 0) is 19.4 Å². The lowest BCUT2D eigenvalue weighted by Crippen LogP contribution is -2.29. The van der Waals surface area contributed by atoms with E-state index in [1.165, 1.54) is 0 Å². The summed E-state index contributed by atoms with van der Waals surface area (Å²) in [6.45, 7) is 2.23. The number of rotatable bonds is 6. The quantitative estimate of drug-likeness (QED) is 0.578. The van der Waals surface area contributed by atoms with Crippen LogP contribution in [0.3, 0.4) is 0 Å². The van der Waals surface area contributed by atoms with E-state index in [1.54, 1.807) is 23.7 Å². The fourth-order valence-corrected chi connectivity index (χ4v) is 3.87. The number of nitrogens with zero attached hydrogens (tertiary/aromatic N) is 3. The van der Waals surface area contributed by atoms with Crippen molar-refractivity contribution in [1.29, 1.82) is 0 Å². The molecular formula is C18H20N6OS. The van der Waals surface area contributed by atoms with Gasteiger partial charge in [0, 0.05) is 67.1 Å². The molecule has 4 rings (SSSR count). The van der Waals surface area contributed by atoms with Crippen LogP contribution in [0.25, 0.3) is 11.3 Å². The first kappa shape index (κ1) is 16.9. The van der Waals surface area contributed by atoms with Crippen LogP contribution < -0.4 is 10.6 Å². The highest BCUT2D eigenvalue weighted by molar-refractivity contribution is 7.09. The van der Waals surface area contributed by atoms with Crippen molar-refractivity contribution in [2.24, 2.45) is 0 Å². The Balaban J connectivity index is 1.27. The van der Waals surface area contributed by atoms with Gasteiger partial charge in [-0.1, -0.05) is 0 Å². The van der Waals surface area contributed by atoms with Gasteiger partial charge in [-0.25, -0.2) is 4.98 Å². The molecule has 26 heavy (non-hydrogen) atoms. The monoisotopic (exact) mass is 368 g/mol. The number of fused-ring (bicyclic) bond motifs is 1.